The summed E-state index contributed by atoms with van der Waals surface area (Å²) in [6.07, 6.45) is 5.00. The number of fused-ring (bicyclic) bond motifs is 1. The van der Waals surface area contributed by atoms with Crippen molar-refractivity contribution in [3.8, 4) is 0 Å². The molecule has 4 atom stereocenters. The number of isothiocyanates is 1. The van der Waals surface area contributed by atoms with Crippen molar-refractivity contribution < 1.29 is 4.79 Å². The summed E-state index contributed by atoms with van der Waals surface area (Å²) in [6.45, 7) is 8.66. The molecule has 2 rings (SSSR count). The average molecular weight is 277 g/mol. The van der Waals surface area contributed by atoms with E-state index in [1.807, 2.05) is 6.92 Å². The van der Waals surface area contributed by atoms with Gasteiger partial charge in [0.2, 0.25) is 0 Å². The van der Waals surface area contributed by atoms with Crippen molar-refractivity contribution in [2.75, 3.05) is 0 Å². The smallest absolute Gasteiger partial charge is 0.158 e. The molecule has 0 aromatic heterocycles. The minimum Gasteiger partial charge on any atom is -0.295 e. The fourth-order valence-corrected chi connectivity index (χ4v) is 4.12. The van der Waals surface area contributed by atoms with Crippen LogP contribution in [0.25, 0.3) is 0 Å². The second-order valence-electron chi connectivity index (χ2n) is 6.67. The zero-order valence-electron chi connectivity index (χ0n) is 12.3. The van der Waals surface area contributed by atoms with E-state index < -0.39 is 0 Å². The molecule has 0 N–H and O–H groups in total. The monoisotopic (exact) mass is 277 g/mol. The molecule has 0 unspecified atom stereocenters. The van der Waals surface area contributed by atoms with E-state index in [0.29, 0.717) is 30.1 Å². The minimum atomic E-state index is -0.204. The first-order valence-electron chi connectivity index (χ1n) is 7.19. The molecular weight excluding hydrogens is 254 g/mol. The lowest BCUT2D eigenvalue weighted by molar-refractivity contribution is -0.119. The largest absolute Gasteiger partial charge is 0.295 e. The van der Waals surface area contributed by atoms with E-state index in [2.05, 4.69) is 37.0 Å². The van der Waals surface area contributed by atoms with Gasteiger partial charge in [-0.2, -0.15) is 0 Å². The Labute approximate surface area is 121 Å². The number of hydrogen-bond acceptors (Lipinski definition) is 3. The number of allylic oxidation sites excluding steroid dienone is 2. The molecule has 0 bridgehead atoms. The van der Waals surface area contributed by atoms with Crippen LogP contribution in [0.15, 0.2) is 16.6 Å². The molecule has 0 aromatic carbocycles. The highest BCUT2D eigenvalue weighted by atomic mass is 32.1. The van der Waals surface area contributed by atoms with Crippen LogP contribution in [0.2, 0.25) is 0 Å². The number of nitrogens with zero attached hydrogens (tertiary/aromatic N) is 1. The molecule has 2 aliphatic rings. The molecule has 0 spiro atoms. The maximum Gasteiger partial charge on any atom is 0.158 e. The van der Waals surface area contributed by atoms with Gasteiger partial charge in [0.15, 0.2) is 5.78 Å². The van der Waals surface area contributed by atoms with Gasteiger partial charge in [-0.25, -0.2) is 4.99 Å². The SMILES string of the molecule is CC1=C[C@@H]2[C@@H](C(C)C)CC[C@@](C)(N=C=S)[C@@H]2CC1=O. The van der Waals surface area contributed by atoms with Gasteiger partial charge in [0.05, 0.1) is 10.7 Å². The van der Waals surface area contributed by atoms with Gasteiger partial charge in [-0.1, -0.05) is 19.9 Å². The number of carbonyl (C=O) groups is 1. The molecule has 1 saturated carbocycles. The Morgan fingerprint density at radius 2 is 2.21 bits per heavy atom. The molecule has 0 aromatic rings. The maximum atomic E-state index is 12.1. The molecule has 0 amide bonds. The van der Waals surface area contributed by atoms with Gasteiger partial charge in [0, 0.05) is 6.42 Å². The molecule has 0 aliphatic heterocycles. The molecule has 0 saturated heterocycles. The second-order valence-corrected chi connectivity index (χ2v) is 6.85. The second kappa shape index (κ2) is 5.30. The van der Waals surface area contributed by atoms with Crippen LogP contribution in [0.5, 0.6) is 0 Å². The number of Topliss-reactive ketones (excluding diaryl/α,β-unsaturated/α-hetero) is 1. The number of hydrogen-bond donors (Lipinski definition) is 0. The Balaban J connectivity index is 2.42. The van der Waals surface area contributed by atoms with E-state index in [1.54, 1.807) is 0 Å². The quantitative estimate of drug-likeness (QED) is 0.562. The van der Waals surface area contributed by atoms with Crippen molar-refractivity contribution in [3.05, 3.63) is 11.6 Å². The zero-order valence-corrected chi connectivity index (χ0v) is 13.1. The fourth-order valence-electron chi connectivity index (χ4n) is 3.91. The summed E-state index contributed by atoms with van der Waals surface area (Å²) in [7, 11) is 0. The van der Waals surface area contributed by atoms with E-state index in [9.17, 15) is 4.79 Å². The first kappa shape index (κ1) is 14.6. The first-order valence-corrected chi connectivity index (χ1v) is 7.60. The Morgan fingerprint density at radius 3 is 2.79 bits per heavy atom. The topological polar surface area (TPSA) is 29.4 Å². The van der Waals surface area contributed by atoms with Crippen LogP contribution in [0.1, 0.15) is 47.0 Å². The van der Waals surface area contributed by atoms with Gasteiger partial charge >= 0.3 is 0 Å². The van der Waals surface area contributed by atoms with Crippen LogP contribution in [0.3, 0.4) is 0 Å². The van der Waals surface area contributed by atoms with E-state index in [0.717, 1.165) is 18.4 Å². The highest BCUT2D eigenvalue weighted by molar-refractivity contribution is 7.78. The van der Waals surface area contributed by atoms with Crippen LogP contribution in [0, 0.1) is 23.7 Å². The summed E-state index contributed by atoms with van der Waals surface area (Å²) in [6, 6.07) is 0. The third kappa shape index (κ3) is 2.59. The van der Waals surface area contributed by atoms with Crippen LogP contribution < -0.4 is 0 Å². The highest BCUT2D eigenvalue weighted by Crippen LogP contribution is 2.50. The molecule has 1 fully saturated rings. The van der Waals surface area contributed by atoms with Crippen molar-refractivity contribution in [1.82, 2.24) is 0 Å². The predicted octanol–water partition coefficient (Wildman–Crippen LogP) is 4.07. The van der Waals surface area contributed by atoms with E-state index in [4.69, 9.17) is 12.2 Å². The molecule has 0 radical (unpaired) electrons. The summed E-state index contributed by atoms with van der Waals surface area (Å²) in [5.74, 6) is 2.33. The molecule has 3 heteroatoms. The van der Waals surface area contributed by atoms with Gasteiger partial charge in [-0.3, -0.25) is 4.79 Å². The summed E-state index contributed by atoms with van der Waals surface area (Å²) in [5, 5.41) is 2.56. The molecular formula is C16H23NOS. The van der Waals surface area contributed by atoms with Crippen molar-refractivity contribution in [2.24, 2.45) is 28.7 Å². The third-order valence-corrected chi connectivity index (χ3v) is 5.28. The highest BCUT2D eigenvalue weighted by Gasteiger charge is 2.48. The predicted molar refractivity (Wildman–Crippen MR) is 81.4 cm³/mol. The number of ketones is 1. The molecule has 19 heavy (non-hydrogen) atoms. The Morgan fingerprint density at radius 1 is 1.53 bits per heavy atom. The van der Waals surface area contributed by atoms with Crippen LogP contribution in [-0.2, 0) is 4.79 Å². The normalized spacial score (nSPS) is 38.5. The number of carbonyl (C=O) groups excluding carboxylic acids is 1. The Bertz CT molecular complexity index is 461. The molecule has 0 heterocycles. The van der Waals surface area contributed by atoms with E-state index in [1.165, 1.54) is 0 Å². The standard InChI is InChI=1S/C16H23NOS/c1-10(2)12-5-6-16(4,17-9-19)14-8-15(18)11(3)7-13(12)14/h7,10,12-14H,5-6,8H2,1-4H3/t12-,13-,14-,16-/m1/s1. The number of thiocarbonyl (C=S) groups is 1. The zero-order chi connectivity index (χ0) is 14.2. The lowest BCUT2D eigenvalue weighted by atomic mass is 9.57. The Hall–Kier alpha value is -0.790. The Kier molecular flexibility index (Phi) is 4.08. The lowest BCUT2D eigenvalue weighted by Crippen LogP contribution is -2.48. The third-order valence-electron chi connectivity index (χ3n) is 5.19. The average Bonchev–Trinajstić information content (AvgIpc) is 2.32. The molecule has 2 aliphatic carbocycles. The van der Waals surface area contributed by atoms with Crippen molar-refractivity contribution in [1.29, 1.82) is 0 Å². The molecule has 2 nitrogen and oxygen atoms in total. The summed E-state index contributed by atoms with van der Waals surface area (Å²) in [5.41, 5.74) is 0.729. The van der Waals surface area contributed by atoms with Crippen molar-refractivity contribution in [2.45, 2.75) is 52.5 Å². The van der Waals surface area contributed by atoms with Gasteiger partial charge in [-0.05, 0) is 68.2 Å². The van der Waals surface area contributed by atoms with Crippen LogP contribution in [-0.4, -0.2) is 16.5 Å². The van der Waals surface area contributed by atoms with Gasteiger partial charge in [0.25, 0.3) is 0 Å². The van der Waals surface area contributed by atoms with E-state index >= 15 is 0 Å². The van der Waals surface area contributed by atoms with Crippen LogP contribution in [0.4, 0.5) is 0 Å². The van der Waals surface area contributed by atoms with Crippen molar-refractivity contribution >= 4 is 23.2 Å². The summed E-state index contributed by atoms with van der Waals surface area (Å²) in [4.78, 5) is 16.5. The van der Waals surface area contributed by atoms with Gasteiger partial charge in [0.1, 0.15) is 0 Å². The lowest BCUT2D eigenvalue weighted by Gasteiger charge is -2.49. The van der Waals surface area contributed by atoms with E-state index in [-0.39, 0.29) is 11.3 Å². The number of aliphatic imine (C=N–C) groups is 1. The number of rotatable bonds is 2. The maximum absolute atomic E-state index is 12.1. The fraction of sp³-hybridized carbons (Fsp3) is 0.750. The van der Waals surface area contributed by atoms with Crippen LogP contribution >= 0.6 is 12.2 Å². The van der Waals surface area contributed by atoms with Gasteiger partial charge < -0.3 is 0 Å². The summed E-state index contributed by atoms with van der Waals surface area (Å²) < 4.78 is 0. The molecule has 104 valence electrons. The van der Waals surface area contributed by atoms with Crippen molar-refractivity contribution in [3.63, 3.8) is 0 Å². The minimum absolute atomic E-state index is 0.204. The summed E-state index contributed by atoms with van der Waals surface area (Å²) >= 11 is 4.82. The first-order chi connectivity index (χ1) is 8.89. The van der Waals surface area contributed by atoms with Gasteiger partial charge in [-0.15, -0.1) is 0 Å².